The summed E-state index contributed by atoms with van der Waals surface area (Å²) in [5, 5.41) is 29.4. The van der Waals surface area contributed by atoms with Gasteiger partial charge in [0.25, 0.3) is 0 Å². The van der Waals surface area contributed by atoms with E-state index in [1.807, 2.05) is 25.1 Å². The summed E-state index contributed by atoms with van der Waals surface area (Å²) >= 11 is 3.37. The highest BCUT2D eigenvalue weighted by Gasteiger charge is 2.38. The van der Waals surface area contributed by atoms with Gasteiger partial charge in [-0.05, 0) is 69.2 Å². The Labute approximate surface area is 241 Å². The molecule has 5 aromatic rings. The molecule has 1 saturated carbocycles. The molecule has 10 heteroatoms. The van der Waals surface area contributed by atoms with E-state index < -0.39 is 5.79 Å². The number of ether oxygens (including phenoxy) is 1. The van der Waals surface area contributed by atoms with Crippen molar-refractivity contribution in [1.82, 2.24) is 15.0 Å². The number of hydrogen-bond donors (Lipinski definition) is 4. The molecule has 3 aromatic heterocycles. The molecule has 4 N–H and O–H groups in total. The SMILES string of the molecule is Cc1nc(NCc2cc3ccccc3s2)nc(NC2C[C@H](CO)C[C@H]2OC(C)(C)O)c1-c1nc2ccccc2s1. The maximum Gasteiger partial charge on any atom is 0.225 e. The van der Waals surface area contributed by atoms with Gasteiger partial charge in [-0.3, -0.25) is 0 Å². The van der Waals surface area contributed by atoms with E-state index in [0.29, 0.717) is 31.2 Å². The number of hydrogen-bond acceptors (Lipinski definition) is 10. The van der Waals surface area contributed by atoms with Gasteiger partial charge in [0.15, 0.2) is 5.79 Å². The first kappa shape index (κ1) is 27.0. The third-order valence-corrected chi connectivity index (χ3v) is 9.29. The van der Waals surface area contributed by atoms with Gasteiger partial charge < -0.3 is 25.6 Å². The Morgan fingerprint density at radius 3 is 2.52 bits per heavy atom. The summed E-state index contributed by atoms with van der Waals surface area (Å²) in [6, 6.07) is 18.5. The van der Waals surface area contributed by atoms with E-state index in [4.69, 9.17) is 19.7 Å². The zero-order valence-corrected chi connectivity index (χ0v) is 24.4. The molecule has 208 valence electrons. The molecule has 0 bridgehead atoms. The average molecular weight is 576 g/mol. The van der Waals surface area contributed by atoms with Crippen molar-refractivity contribution in [1.29, 1.82) is 0 Å². The van der Waals surface area contributed by atoms with Crippen molar-refractivity contribution < 1.29 is 14.9 Å². The first-order valence-corrected chi connectivity index (χ1v) is 15.1. The van der Waals surface area contributed by atoms with E-state index in [2.05, 4.69) is 47.0 Å². The summed E-state index contributed by atoms with van der Waals surface area (Å²) in [7, 11) is 0. The lowest BCUT2D eigenvalue weighted by Gasteiger charge is -2.29. The second-order valence-electron chi connectivity index (χ2n) is 10.8. The van der Waals surface area contributed by atoms with Gasteiger partial charge in [-0.15, -0.1) is 22.7 Å². The van der Waals surface area contributed by atoms with Gasteiger partial charge in [0.2, 0.25) is 5.95 Å². The van der Waals surface area contributed by atoms with Crippen molar-refractivity contribution in [3.8, 4) is 10.6 Å². The molecule has 40 heavy (non-hydrogen) atoms. The predicted octanol–water partition coefficient (Wildman–Crippen LogP) is 6.18. The Kier molecular flexibility index (Phi) is 7.45. The number of nitrogens with zero attached hydrogens (tertiary/aromatic N) is 3. The number of thiophene rings is 1. The van der Waals surface area contributed by atoms with Crippen molar-refractivity contribution in [3.63, 3.8) is 0 Å². The van der Waals surface area contributed by atoms with E-state index in [9.17, 15) is 10.2 Å². The number of aliphatic hydroxyl groups is 2. The molecule has 0 spiro atoms. The fourth-order valence-electron chi connectivity index (χ4n) is 5.36. The Bertz CT molecular complexity index is 1580. The van der Waals surface area contributed by atoms with Crippen molar-refractivity contribution in [2.45, 2.75) is 58.1 Å². The zero-order valence-electron chi connectivity index (χ0n) is 22.7. The molecular weight excluding hydrogens is 542 g/mol. The second-order valence-corrected chi connectivity index (χ2v) is 13.0. The van der Waals surface area contributed by atoms with Gasteiger partial charge in [-0.1, -0.05) is 30.3 Å². The van der Waals surface area contributed by atoms with Crippen molar-refractivity contribution in [2.75, 3.05) is 17.2 Å². The van der Waals surface area contributed by atoms with Crippen molar-refractivity contribution in [2.24, 2.45) is 5.92 Å². The van der Waals surface area contributed by atoms with Crippen LogP contribution >= 0.6 is 22.7 Å². The van der Waals surface area contributed by atoms with Crippen LogP contribution in [-0.2, 0) is 11.3 Å². The summed E-state index contributed by atoms with van der Waals surface area (Å²) in [5.74, 6) is -0.0230. The molecule has 3 atom stereocenters. The molecule has 3 heterocycles. The van der Waals surface area contributed by atoms with Gasteiger partial charge in [0.1, 0.15) is 10.8 Å². The normalized spacial score (nSPS) is 19.5. The van der Waals surface area contributed by atoms with Crippen LogP contribution in [0.3, 0.4) is 0 Å². The molecule has 0 aliphatic heterocycles. The number of aryl methyl sites for hydroxylation is 1. The summed E-state index contributed by atoms with van der Waals surface area (Å²) in [6.45, 7) is 5.93. The molecule has 1 aliphatic rings. The minimum atomic E-state index is -1.29. The lowest BCUT2D eigenvalue weighted by atomic mass is 10.1. The monoisotopic (exact) mass is 575 g/mol. The van der Waals surface area contributed by atoms with E-state index in [1.165, 1.54) is 15.0 Å². The largest absolute Gasteiger partial charge is 0.396 e. The smallest absolute Gasteiger partial charge is 0.225 e. The van der Waals surface area contributed by atoms with Crippen LogP contribution in [0, 0.1) is 12.8 Å². The van der Waals surface area contributed by atoms with Gasteiger partial charge >= 0.3 is 0 Å². The summed E-state index contributed by atoms with van der Waals surface area (Å²) in [6.07, 6.45) is 1.06. The molecule has 1 aliphatic carbocycles. The fourth-order valence-corrected chi connectivity index (χ4v) is 7.43. The maximum absolute atomic E-state index is 10.4. The third-order valence-electron chi connectivity index (χ3n) is 7.12. The van der Waals surface area contributed by atoms with Crippen LogP contribution in [0.25, 0.3) is 30.9 Å². The number of para-hydroxylation sites is 1. The van der Waals surface area contributed by atoms with E-state index in [-0.39, 0.29) is 24.7 Å². The van der Waals surface area contributed by atoms with Crippen molar-refractivity contribution in [3.05, 3.63) is 65.2 Å². The molecule has 0 saturated heterocycles. The standard InChI is InChI=1S/C30H33N5O3S2/c1-17-26(28-34-21-9-5-7-11-25(21)40-28)27(33-22-12-18(16-36)13-23(22)38-30(2,3)37)35-29(32-17)31-15-20-14-19-8-4-6-10-24(19)39-20/h4-11,14,18,22-23,36-37H,12-13,15-16H2,1-3H3,(H2,31,32,33,35)/t18-,22?,23+/m0/s1. The number of thiazole rings is 1. The third kappa shape index (κ3) is 5.82. The van der Waals surface area contributed by atoms with E-state index >= 15 is 0 Å². The number of rotatable bonds is 9. The Morgan fingerprint density at radius 2 is 1.77 bits per heavy atom. The van der Waals surface area contributed by atoms with Crippen LogP contribution in [-0.4, -0.2) is 49.7 Å². The number of fused-ring (bicyclic) bond motifs is 2. The topological polar surface area (TPSA) is 112 Å². The number of anilines is 2. The Morgan fingerprint density at radius 1 is 1.00 bits per heavy atom. The number of nitrogens with one attached hydrogen (secondary N) is 2. The van der Waals surface area contributed by atoms with Crippen LogP contribution in [0.2, 0.25) is 0 Å². The van der Waals surface area contributed by atoms with E-state index in [1.54, 1.807) is 36.5 Å². The lowest BCUT2D eigenvalue weighted by Crippen LogP contribution is -2.38. The molecule has 8 nitrogen and oxygen atoms in total. The van der Waals surface area contributed by atoms with Gasteiger partial charge in [0.05, 0.1) is 40.2 Å². The minimum absolute atomic E-state index is 0.0688. The highest BCUT2D eigenvalue weighted by atomic mass is 32.1. The number of aliphatic hydroxyl groups excluding tert-OH is 1. The highest BCUT2D eigenvalue weighted by Crippen LogP contribution is 2.39. The van der Waals surface area contributed by atoms with Crippen LogP contribution in [0.1, 0.15) is 37.3 Å². The Hall–Kier alpha value is -3.15. The molecule has 2 aromatic carbocycles. The van der Waals surface area contributed by atoms with Crippen LogP contribution in [0.4, 0.5) is 11.8 Å². The van der Waals surface area contributed by atoms with E-state index in [0.717, 1.165) is 26.5 Å². The van der Waals surface area contributed by atoms with Crippen LogP contribution in [0.5, 0.6) is 0 Å². The predicted molar refractivity (Wildman–Crippen MR) is 163 cm³/mol. The molecule has 1 fully saturated rings. The number of aromatic nitrogens is 3. The highest BCUT2D eigenvalue weighted by molar-refractivity contribution is 7.21. The first-order chi connectivity index (χ1) is 19.3. The lowest BCUT2D eigenvalue weighted by molar-refractivity contribution is -0.205. The average Bonchev–Trinajstić information content (AvgIpc) is 3.62. The van der Waals surface area contributed by atoms with Gasteiger partial charge in [0, 0.05) is 16.2 Å². The summed E-state index contributed by atoms with van der Waals surface area (Å²) < 4.78 is 8.36. The summed E-state index contributed by atoms with van der Waals surface area (Å²) in [5.41, 5.74) is 2.60. The quantitative estimate of drug-likeness (QED) is 0.154. The fraction of sp³-hybridized carbons (Fsp3) is 0.367. The second kappa shape index (κ2) is 11.0. The first-order valence-electron chi connectivity index (χ1n) is 13.5. The van der Waals surface area contributed by atoms with Gasteiger partial charge in [-0.25, -0.2) is 9.97 Å². The molecular formula is C30H33N5O3S2. The van der Waals surface area contributed by atoms with Crippen molar-refractivity contribution >= 4 is 54.7 Å². The zero-order chi connectivity index (χ0) is 27.9. The molecule has 0 radical (unpaired) electrons. The minimum Gasteiger partial charge on any atom is -0.396 e. The maximum atomic E-state index is 10.4. The van der Waals surface area contributed by atoms with Gasteiger partial charge in [-0.2, -0.15) is 4.98 Å². The summed E-state index contributed by atoms with van der Waals surface area (Å²) in [4.78, 5) is 15.9. The molecule has 1 unspecified atom stereocenters. The van der Waals surface area contributed by atoms with Crippen LogP contribution in [0.15, 0.2) is 54.6 Å². The molecule has 0 amide bonds. The Balaban J connectivity index is 1.35. The van der Waals surface area contributed by atoms with Crippen LogP contribution < -0.4 is 10.6 Å². The number of benzene rings is 2. The molecule has 6 rings (SSSR count).